The summed E-state index contributed by atoms with van der Waals surface area (Å²) < 4.78 is 5.14. The number of esters is 1. The zero-order valence-electron chi connectivity index (χ0n) is 11.7. The molecule has 1 aromatic rings. The first-order chi connectivity index (χ1) is 10.2. The minimum absolute atomic E-state index is 0.254. The van der Waals surface area contributed by atoms with E-state index in [9.17, 15) is 14.4 Å². The smallest absolute Gasteiger partial charge is 0.338 e. The maximum atomic E-state index is 11.6. The lowest BCUT2D eigenvalue weighted by Crippen LogP contribution is -2.30. The van der Waals surface area contributed by atoms with E-state index in [-0.39, 0.29) is 17.8 Å². The summed E-state index contributed by atoms with van der Waals surface area (Å²) in [4.78, 5) is 35.5. The van der Waals surface area contributed by atoms with Crippen LogP contribution in [0.3, 0.4) is 0 Å². The summed E-state index contributed by atoms with van der Waals surface area (Å²) in [7, 11) is 0. The number of imide groups is 1. The molecule has 1 heterocycles. The van der Waals surface area contributed by atoms with Gasteiger partial charge in [-0.05, 0) is 31.4 Å². The number of carbonyl (C=O) groups is 3. The van der Waals surface area contributed by atoms with Gasteiger partial charge in [-0.25, -0.2) is 4.79 Å². The maximum Gasteiger partial charge on any atom is 0.338 e. The SMILES string of the molecule is O=C(OCCCCCN1C(=O)C=CC1=O)c1ccccc1. The van der Waals surface area contributed by atoms with Crippen molar-refractivity contribution in [3.63, 3.8) is 0 Å². The molecule has 0 spiro atoms. The highest BCUT2D eigenvalue weighted by Gasteiger charge is 2.22. The highest BCUT2D eigenvalue weighted by Crippen LogP contribution is 2.07. The average Bonchev–Trinajstić information content (AvgIpc) is 2.82. The number of ether oxygens (including phenoxy) is 1. The Morgan fingerprint density at radius 1 is 0.952 bits per heavy atom. The summed E-state index contributed by atoms with van der Waals surface area (Å²) in [5, 5.41) is 0. The zero-order valence-corrected chi connectivity index (χ0v) is 11.7. The van der Waals surface area contributed by atoms with Crippen LogP contribution in [0.15, 0.2) is 42.5 Å². The van der Waals surface area contributed by atoms with E-state index in [1.807, 2.05) is 6.07 Å². The molecule has 5 nitrogen and oxygen atoms in total. The number of hydrogen-bond acceptors (Lipinski definition) is 4. The third kappa shape index (κ3) is 4.27. The van der Waals surface area contributed by atoms with Crippen molar-refractivity contribution in [2.75, 3.05) is 13.2 Å². The van der Waals surface area contributed by atoms with Crippen LogP contribution in [0.4, 0.5) is 0 Å². The van der Waals surface area contributed by atoms with Crippen molar-refractivity contribution in [3.05, 3.63) is 48.0 Å². The second kappa shape index (κ2) is 7.38. The van der Waals surface area contributed by atoms with Gasteiger partial charge >= 0.3 is 5.97 Å². The summed E-state index contributed by atoms with van der Waals surface area (Å²) in [5.41, 5.74) is 0.539. The highest BCUT2D eigenvalue weighted by molar-refractivity contribution is 6.12. The van der Waals surface area contributed by atoms with E-state index in [0.29, 0.717) is 31.6 Å². The Morgan fingerprint density at radius 3 is 2.29 bits per heavy atom. The molecule has 0 aromatic heterocycles. The number of benzene rings is 1. The van der Waals surface area contributed by atoms with Gasteiger partial charge in [0.15, 0.2) is 0 Å². The van der Waals surface area contributed by atoms with E-state index in [2.05, 4.69) is 0 Å². The van der Waals surface area contributed by atoms with Gasteiger partial charge in [0.25, 0.3) is 11.8 Å². The van der Waals surface area contributed by atoms with E-state index in [4.69, 9.17) is 4.74 Å². The first-order valence-electron chi connectivity index (χ1n) is 6.94. The predicted octanol–water partition coefficient (Wildman–Crippen LogP) is 1.94. The van der Waals surface area contributed by atoms with Gasteiger partial charge in [-0.15, -0.1) is 0 Å². The van der Waals surface area contributed by atoms with Gasteiger partial charge in [-0.1, -0.05) is 18.2 Å². The molecule has 0 saturated heterocycles. The van der Waals surface area contributed by atoms with Crippen molar-refractivity contribution >= 4 is 17.8 Å². The fraction of sp³-hybridized carbons (Fsp3) is 0.312. The lowest BCUT2D eigenvalue weighted by atomic mass is 10.2. The first kappa shape index (κ1) is 15.0. The molecule has 0 bridgehead atoms. The quantitative estimate of drug-likeness (QED) is 0.437. The van der Waals surface area contributed by atoms with E-state index in [0.717, 1.165) is 6.42 Å². The topological polar surface area (TPSA) is 63.7 Å². The van der Waals surface area contributed by atoms with Gasteiger partial charge in [0.1, 0.15) is 0 Å². The Kier molecular flexibility index (Phi) is 5.26. The Hall–Kier alpha value is -2.43. The molecule has 110 valence electrons. The van der Waals surface area contributed by atoms with E-state index < -0.39 is 0 Å². The van der Waals surface area contributed by atoms with Crippen LogP contribution in [-0.4, -0.2) is 35.8 Å². The number of nitrogens with zero attached hydrogens (tertiary/aromatic N) is 1. The van der Waals surface area contributed by atoms with Gasteiger partial charge in [-0.3, -0.25) is 14.5 Å². The summed E-state index contributed by atoms with van der Waals surface area (Å²) in [6.07, 6.45) is 4.78. The van der Waals surface area contributed by atoms with Gasteiger partial charge in [0, 0.05) is 18.7 Å². The van der Waals surface area contributed by atoms with Crippen LogP contribution in [0.5, 0.6) is 0 Å². The fourth-order valence-corrected chi connectivity index (χ4v) is 2.02. The third-order valence-electron chi connectivity index (χ3n) is 3.17. The zero-order chi connectivity index (χ0) is 15.1. The van der Waals surface area contributed by atoms with Crippen LogP contribution in [0, 0.1) is 0 Å². The molecular weight excluding hydrogens is 270 g/mol. The van der Waals surface area contributed by atoms with Crippen molar-refractivity contribution < 1.29 is 19.1 Å². The molecule has 0 N–H and O–H groups in total. The second-order valence-corrected chi connectivity index (χ2v) is 4.72. The molecule has 21 heavy (non-hydrogen) atoms. The number of unbranched alkanes of at least 4 members (excludes halogenated alkanes) is 2. The van der Waals surface area contributed by atoms with Crippen molar-refractivity contribution in [3.8, 4) is 0 Å². The van der Waals surface area contributed by atoms with Gasteiger partial charge in [0.2, 0.25) is 0 Å². The van der Waals surface area contributed by atoms with Crippen LogP contribution in [0.1, 0.15) is 29.6 Å². The molecule has 0 radical (unpaired) electrons. The lowest BCUT2D eigenvalue weighted by Gasteiger charge is -2.13. The van der Waals surface area contributed by atoms with Crippen LogP contribution in [0.25, 0.3) is 0 Å². The lowest BCUT2D eigenvalue weighted by molar-refractivity contribution is -0.136. The Morgan fingerprint density at radius 2 is 1.62 bits per heavy atom. The normalized spacial score (nSPS) is 13.8. The van der Waals surface area contributed by atoms with Crippen molar-refractivity contribution in [2.45, 2.75) is 19.3 Å². The minimum Gasteiger partial charge on any atom is -0.462 e. The summed E-state index contributed by atoms with van der Waals surface area (Å²) in [6.45, 7) is 0.755. The highest BCUT2D eigenvalue weighted by atomic mass is 16.5. The number of hydrogen-bond donors (Lipinski definition) is 0. The average molecular weight is 287 g/mol. The van der Waals surface area contributed by atoms with E-state index >= 15 is 0 Å². The molecule has 1 aliphatic rings. The third-order valence-corrected chi connectivity index (χ3v) is 3.17. The Balaban J connectivity index is 1.57. The van der Waals surface area contributed by atoms with Gasteiger partial charge in [-0.2, -0.15) is 0 Å². The monoisotopic (exact) mass is 287 g/mol. The largest absolute Gasteiger partial charge is 0.462 e. The van der Waals surface area contributed by atoms with Crippen molar-refractivity contribution in [2.24, 2.45) is 0 Å². The Labute approximate surface area is 123 Å². The van der Waals surface area contributed by atoms with Crippen LogP contribution in [0.2, 0.25) is 0 Å². The second-order valence-electron chi connectivity index (χ2n) is 4.72. The molecule has 1 aliphatic heterocycles. The van der Waals surface area contributed by atoms with Crippen molar-refractivity contribution in [1.29, 1.82) is 0 Å². The summed E-state index contributed by atoms with van der Waals surface area (Å²) in [5.74, 6) is -0.837. The molecule has 0 atom stereocenters. The molecule has 0 unspecified atom stereocenters. The summed E-state index contributed by atoms with van der Waals surface area (Å²) >= 11 is 0. The molecule has 0 aliphatic carbocycles. The maximum absolute atomic E-state index is 11.6. The van der Waals surface area contributed by atoms with Gasteiger partial charge < -0.3 is 4.74 Å². The van der Waals surface area contributed by atoms with Gasteiger partial charge in [0.05, 0.1) is 12.2 Å². The van der Waals surface area contributed by atoms with Crippen molar-refractivity contribution in [1.82, 2.24) is 4.90 Å². The van der Waals surface area contributed by atoms with E-state index in [1.54, 1.807) is 24.3 Å². The minimum atomic E-state index is -0.329. The van der Waals surface area contributed by atoms with Crippen LogP contribution < -0.4 is 0 Å². The Bertz CT molecular complexity index is 533. The molecule has 5 heteroatoms. The molecule has 2 amide bonds. The van der Waals surface area contributed by atoms with Crippen LogP contribution in [-0.2, 0) is 14.3 Å². The molecule has 0 saturated carbocycles. The number of carbonyl (C=O) groups excluding carboxylic acids is 3. The standard InChI is InChI=1S/C16H17NO4/c18-14-9-10-15(19)17(14)11-5-2-6-12-21-16(20)13-7-3-1-4-8-13/h1,3-4,7-10H,2,5-6,11-12H2. The molecular formula is C16H17NO4. The summed E-state index contributed by atoms with van der Waals surface area (Å²) in [6, 6.07) is 8.83. The predicted molar refractivity (Wildman–Crippen MR) is 76.4 cm³/mol. The first-order valence-corrected chi connectivity index (χ1v) is 6.94. The number of amides is 2. The van der Waals surface area contributed by atoms with Crippen LogP contribution >= 0.6 is 0 Å². The molecule has 2 rings (SSSR count). The number of rotatable bonds is 7. The van der Waals surface area contributed by atoms with E-state index in [1.165, 1.54) is 17.1 Å². The fourth-order valence-electron chi connectivity index (χ4n) is 2.02. The molecule has 1 aromatic carbocycles. The molecule has 0 fully saturated rings.